The molecule has 2 aromatic rings. The molecule has 0 saturated heterocycles. The molecule has 0 radical (unpaired) electrons. The van der Waals surface area contributed by atoms with Crippen LogP contribution in [-0.4, -0.2) is 39.5 Å². The number of aromatic nitrogens is 2. The standard InChI is InChI=1S/C17H15F3N3O4P/c1-9-4-10(22-5-13(9)26-8-17(18,19)20)6-23-7-12-11(15(23)24)2-3-21-14(12)16(25)27-28/h2-5H,6-8,28H2,1H3. The van der Waals surface area contributed by atoms with Crippen LogP contribution in [0.5, 0.6) is 5.75 Å². The van der Waals surface area contributed by atoms with E-state index in [1.54, 1.807) is 13.0 Å². The topological polar surface area (TPSA) is 81.6 Å². The predicted molar refractivity (Wildman–Crippen MR) is 93.5 cm³/mol. The number of carbonyl (C=O) groups is 2. The number of aryl methyl sites for hydroxylation is 1. The van der Waals surface area contributed by atoms with Gasteiger partial charge in [-0.15, -0.1) is 0 Å². The van der Waals surface area contributed by atoms with Gasteiger partial charge in [0, 0.05) is 23.9 Å². The zero-order valence-electron chi connectivity index (χ0n) is 14.6. The molecule has 1 amide bonds. The van der Waals surface area contributed by atoms with Gasteiger partial charge in [0.25, 0.3) is 5.91 Å². The molecule has 0 fully saturated rings. The van der Waals surface area contributed by atoms with E-state index >= 15 is 0 Å². The van der Waals surface area contributed by atoms with Crippen LogP contribution in [0.3, 0.4) is 0 Å². The van der Waals surface area contributed by atoms with Gasteiger partial charge in [0.2, 0.25) is 0 Å². The van der Waals surface area contributed by atoms with Crippen molar-refractivity contribution in [2.24, 2.45) is 0 Å². The number of carbonyl (C=O) groups excluding carboxylic acids is 2. The Morgan fingerprint density at radius 2 is 2.11 bits per heavy atom. The number of fused-ring (bicyclic) bond motifs is 1. The summed E-state index contributed by atoms with van der Waals surface area (Å²) >= 11 is 0. The van der Waals surface area contributed by atoms with E-state index in [2.05, 4.69) is 14.5 Å². The molecule has 148 valence electrons. The highest BCUT2D eigenvalue weighted by molar-refractivity contribution is 7.10. The Hall–Kier alpha value is -2.74. The molecule has 0 aliphatic carbocycles. The highest BCUT2D eigenvalue weighted by atomic mass is 31.0. The van der Waals surface area contributed by atoms with E-state index in [0.717, 1.165) is 0 Å². The quantitative estimate of drug-likeness (QED) is 0.702. The van der Waals surface area contributed by atoms with Crippen LogP contribution >= 0.6 is 9.47 Å². The normalized spacial score (nSPS) is 13.5. The molecule has 1 aliphatic heterocycles. The highest BCUT2D eigenvalue weighted by Crippen LogP contribution is 2.28. The Morgan fingerprint density at radius 3 is 2.75 bits per heavy atom. The Kier molecular flexibility index (Phi) is 5.51. The van der Waals surface area contributed by atoms with E-state index in [0.29, 0.717) is 22.4 Å². The molecule has 0 spiro atoms. The third-order valence-corrected chi connectivity index (χ3v) is 4.30. The Bertz CT molecular complexity index is 936. The Morgan fingerprint density at radius 1 is 1.36 bits per heavy atom. The molecule has 1 atom stereocenters. The molecule has 7 nitrogen and oxygen atoms in total. The lowest BCUT2D eigenvalue weighted by Crippen LogP contribution is -2.24. The predicted octanol–water partition coefficient (Wildman–Crippen LogP) is 2.83. The van der Waals surface area contributed by atoms with Gasteiger partial charge in [0.1, 0.15) is 5.75 Å². The van der Waals surface area contributed by atoms with E-state index in [4.69, 9.17) is 4.74 Å². The molecule has 0 N–H and O–H groups in total. The minimum absolute atomic E-state index is 0.0202. The smallest absolute Gasteiger partial charge is 0.422 e. The van der Waals surface area contributed by atoms with E-state index in [1.165, 1.54) is 23.4 Å². The second-order valence-electron chi connectivity index (χ2n) is 6.10. The van der Waals surface area contributed by atoms with E-state index < -0.39 is 18.8 Å². The molecule has 11 heteroatoms. The van der Waals surface area contributed by atoms with Crippen LogP contribution < -0.4 is 4.74 Å². The maximum Gasteiger partial charge on any atom is 0.422 e. The van der Waals surface area contributed by atoms with Crippen LogP contribution in [-0.2, 0) is 17.6 Å². The zero-order valence-corrected chi connectivity index (χ0v) is 15.8. The second kappa shape index (κ2) is 7.71. The molecule has 0 bridgehead atoms. The summed E-state index contributed by atoms with van der Waals surface area (Å²) in [6.45, 7) is 0.443. The third kappa shape index (κ3) is 4.22. The molecule has 3 heterocycles. The first kappa shape index (κ1) is 20.0. The molecule has 2 aromatic heterocycles. The van der Waals surface area contributed by atoms with Gasteiger partial charge < -0.3 is 14.2 Å². The lowest BCUT2D eigenvalue weighted by molar-refractivity contribution is -0.153. The number of nitrogens with zero attached hydrogens (tertiary/aromatic N) is 3. The summed E-state index contributed by atoms with van der Waals surface area (Å²) in [5.74, 6) is -0.949. The molecular weight excluding hydrogens is 398 g/mol. The van der Waals surface area contributed by atoms with Crippen molar-refractivity contribution in [1.29, 1.82) is 0 Å². The molecular formula is C17H15F3N3O4P. The first-order chi connectivity index (χ1) is 13.2. The van der Waals surface area contributed by atoms with Crippen molar-refractivity contribution in [3.8, 4) is 5.75 Å². The minimum atomic E-state index is -4.44. The first-order valence-corrected chi connectivity index (χ1v) is 8.50. The molecule has 0 aromatic carbocycles. The minimum Gasteiger partial charge on any atom is -0.482 e. The van der Waals surface area contributed by atoms with Gasteiger partial charge in [-0.2, -0.15) is 13.2 Å². The van der Waals surface area contributed by atoms with Gasteiger partial charge in [0.15, 0.2) is 12.3 Å². The van der Waals surface area contributed by atoms with Gasteiger partial charge in [-0.05, 0) is 24.6 Å². The number of hydrogen-bond acceptors (Lipinski definition) is 6. The van der Waals surface area contributed by atoms with Crippen molar-refractivity contribution in [2.75, 3.05) is 6.61 Å². The number of pyridine rings is 2. The van der Waals surface area contributed by atoms with Crippen LogP contribution in [0.15, 0.2) is 24.5 Å². The van der Waals surface area contributed by atoms with Crippen LogP contribution in [0.1, 0.15) is 37.7 Å². The van der Waals surface area contributed by atoms with Crippen molar-refractivity contribution in [3.05, 3.63) is 52.6 Å². The summed E-state index contributed by atoms with van der Waals surface area (Å²) < 4.78 is 46.2. The summed E-state index contributed by atoms with van der Waals surface area (Å²) in [6, 6.07) is 3.07. The van der Waals surface area contributed by atoms with Crippen molar-refractivity contribution < 1.29 is 32.0 Å². The Labute approximate surface area is 160 Å². The summed E-state index contributed by atoms with van der Waals surface area (Å²) in [5.41, 5.74) is 1.81. The number of alkyl halides is 3. The van der Waals surface area contributed by atoms with Gasteiger partial charge in [-0.1, -0.05) is 0 Å². The largest absolute Gasteiger partial charge is 0.482 e. The fraction of sp³-hybridized carbons (Fsp3) is 0.294. The molecule has 28 heavy (non-hydrogen) atoms. The molecule has 1 aliphatic rings. The lowest BCUT2D eigenvalue weighted by atomic mass is 10.1. The van der Waals surface area contributed by atoms with Gasteiger partial charge >= 0.3 is 12.1 Å². The number of ether oxygens (including phenoxy) is 1. The number of amides is 1. The lowest BCUT2D eigenvalue weighted by Gasteiger charge is -2.16. The van der Waals surface area contributed by atoms with E-state index in [-0.39, 0.29) is 30.4 Å². The van der Waals surface area contributed by atoms with Crippen molar-refractivity contribution >= 4 is 21.3 Å². The van der Waals surface area contributed by atoms with Gasteiger partial charge in [0.05, 0.1) is 27.9 Å². The van der Waals surface area contributed by atoms with Crippen molar-refractivity contribution in [3.63, 3.8) is 0 Å². The summed E-state index contributed by atoms with van der Waals surface area (Å²) in [4.78, 5) is 33.9. The van der Waals surface area contributed by atoms with Crippen molar-refractivity contribution in [2.45, 2.75) is 26.2 Å². The van der Waals surface area contributed by atoms with Crippen molar-refractivity contribution in [1.82, 2.24) is 14.9 Å². The molecule has 3 rings (SSSR count). The van der Waals surface area contributed by atoms with Gasteiger partial charge in [-0.25, -0.2) is 9.78 Å². The van der Waals surface area contributed by atoms with E-state index in [1.807, 2.05) is 9.47 Å². The average molecular weight is 413 g/mol. The van der Waals surface area contributed by atoms with E-state index in [9.17, 15) is 22.8 Å². The highest BCUT2D eigenvalue weighted by Gasteiger charge is 2.32. The number of hydrogen-bond donors (Lipinski definition) is 0. The van der Waals surface area contributed by atoms with Crippen LogP contribution in [0.25, 0.3) is 0 Å². The maximum absolute atomic E-state index is 12.6. The second-order valence-corrected chi connectivity index (χ2v) is 6.33. The Balaban J connectivity index is 1.75. The number of halogens is 3. The maximum atomic E-state index is 12.6. The van der Waals surface area contributed by atoms with Gasteiger partial charge in [-0.3, -0.25) is 9.78 Å². The summed E-state index contributed by atoms with van der Waals surface area (Å²) in [7, 11) is 1.84. The molecule has 1 unspecified atom stereocenters. The number of rotatable bonds is 5. The SMILES string of the molecule is Cc1cc(CN2Cc3c(ccnc3C(=O)OP)C2=O)ncc1OCC(F)(F)F. The van der Waals surface area contributed by atoms with Crippen LogP contribution in [0.2, 0.25) is 0 Å². The first-order valence-electron chi connectivity index (χ1n) is 8.03. The molecule has 0 saturated carbocycles. The fourth-order valence-electron chi connectivity index (χ4n) is 2.84. The summed E-state index contributed by atoms with van der Waals surface area (Å²) in [6.07, 6.45) is -1.89. The monoisotopic (exact) mass is 413 g/mol. The average Bonchev–Trinajstić information content (AvgIpc) is 2.95. The fourth-order valence-corrected chi connectivity index (χ4v) is 2.95. The third-order valence-electron chi connectivity index (χ3n) is 4.09. The van der Waals surface area contributed by atoms with Crippen LogP contribution in [0.4, 0.5) is 13.2 Å². The summed E-state index contributed by atoms with van der Waals surface area (Å²) in [5, 5.41) is 0. The van der Waals surface area contributed by atoms with Crippen LogP contribution in [0, 0.1) is 6.92 Å². The zero-order chi connectivity index (χ0) is 20.5.